The number of thioether (sulfide) groups is 1. The molecular formula is C19H23N5OS. The quantitative estimate of drug-likeness (QED) is 0.266. The van der Waals surface area contributed by atoms with Gasteiger partial charge in [-0.25, -0.2) is 4.68 Å². The zero-order valence-corrected chi connectivity index (χ0v) is 15.9. The fourth-order valence-electron chi connectivity index (χ4n) is 2.55. The van der Waals surface area contributed by atoms with Crippen molar-refractivity contribution in [3.8, 4) is 17.5 Å². The monoisotopic (exact) mass is 369 g/mol. The van der Waals surface area contributed by atoms with Gasteiger partial charge in [-0.3, -0.25) is 15.1 Å². The molecule has 0 aliphatic carbocycles. The second kappa shape index (κ2) is 10.4. The molecule has 2 aromatic rings. The van der Waals surface area contributed by atoms with Crippen molar-refractivity contribution >= 4 is 16.9 Å². The summed E-state index contributed by atoms with van der Waals surface area (Å²) in [6.07, 6.45) is 6.46. The van der Waals surface area contributed by atoms with Gasteiger partial charge in [0.15, 0.2) is 11.4 Å². The van der Waals surface area contributed by atoms with Gasteiger partial charge in [0.1, 0.15) is 0 Å². The van der Waals surface area contributed by atoms with E-state index in [1.807, 2.05) is 49.7 Å². The van der Waals surface area contributed by atoms with Gasteiger partial charge in [-0.05, 0) is 38.0 Å². The summed E-state index contributed by atoms with van der Waals surface area (Å²) >= 11 is 1.42. The van der Waals surface area contributed by atoms with Gasteiger partial charge in [-0.1, -0.05) is 42.1 Å². The van der Waals surface area contributed by atoms with Crippen LogP contribution in [0.5, 0.6) is 0 Å². The van der Waals surface area contributed by atoms with Crippen molar-refractivity contribution in [2.24, 2.45) is 4.99 Å². The van der Waals surface area contributed by atoms with Gasteiger partial charge in [0.2, 0.25) is 0 Å². The first kappa shape index (κ1) is 19.7. The van der Waals surface area contributed by atoms with Crippen LogP contribution in [0.1, 0.15) is 24.8 Å². The Bertz CT molecular complexity index is 839. The summed E-state index contributed by atoms with van der Waals surface area (Å²) in [4.78, 5) is 16.5. The van der Waals surface area contributed by atoms with Gasteiger partial charge in [-0.15, -0.1) is 0 Å². The summed E-state index contributed by atoms with van der Waals surface area (Å²) < 4.78 is 1.54. The predicted molar refractivity (Wildman–Crippen MR) is 107 cm³/mol. The molecule has 1 heterocycles. The average molecular weight is 369 g/mol. The Balaban J connectivity index is 1.92. The lowest BCUT2D eigenvalue weighted by molar-refractivity contribution is 0.524. The van der Waals surface area contributed by atoms with Crippen LogP contribution in [-0.2, 0) is 6.54 Å². The Hall–Kier alpha value is -2.59. The number of hydrogen-bond acceptors (Lipinski definition) is 5. The van der Waals surface area contributed by atoms with E-state index in [4.69, 9.17) is 5.26 Å². The summed E-state index contributed by atoms with van der Waals surface area (Å²) in [6, 6.07) is 11.6. The molecule has 2 rings (SSSR count). The van der Waals surface area contributed by atoms with Gasteiger partial charge in [-0.2, -0.15) is 10.4 Å². The number of benzene rings is 1. The van der Waals surface area contributed by atoms with Crippen molar-refractivity contribution < 1.29 is 0 Å². The van der Waals surface area contributed by atoms with Gasteiger partial charge in [0.05, 0.1) is 5.69 Å². The fraction of sp³-hybridized carbons (Fsp3) is 0.368. The molecule has 0 bridgehead atoms. The normalized spacial score (nSPS) is 11.2. The first-order valence-electron chi connectivity index (χ1n) is 8.53. The van der Waals surface area contributed by atoms with Crippen molar-refractivity contribution in [1.29, 1.82) is 5.26 Å². The first-order valence-corrected chi connectivity index (χ1v) is 9.76. The van der Waals surface area contributed by atoms with E-state index in [1.165, 1.54) is 11.8 Å². The van der Waals surface area contributed by atoms with E-state index in [9.17, 15) is 4.79 Å². The van der Waals surface area contributed by atoms with E-state index in [0.29, 0.717) is 18.3 Å². The maximum Gasteiger partial charge on any atom is 0.267 e. The molecule has 7 heteroatoms. The predicted octanol–water partition coefficient (Wildman–Crippen LogP) is 3.18. The Morgan fingerprint density at radius 2 is 2.08 bits per heavy atom. The minimum atomic E-state index is -0.0666. The molecule has 136 valence electrons. The molecule has 1 aromatic carbocycles. The maximum atomic E-state index is 12.2. The van der Waals surface area contributed by atoms with Gasteiger partial charge in [0, 0.05) is 24.7 Å². The second-order valence-electron chi connectivity index (χ2n) is 5.79. The molecule has 0 saturated heterocycles. The number of nitrogens with zero attached hydrogens (tertiary/aromatic N) is 4. The molecule has 0 spiro atoms. The van der Waals surface area contributed by atoms with Crippen LogP contribution in [0.15, 0.2) is 46.2 Å². The number of aryl methyl sites for hydroxylation is 2. The van der Waals surface area contributed by atoms with Crippen LogP contribution >= 0.6 is 11.8 Å². The van der Waals surface area contributed by atoms with Crippen LogP contribution in [0.3, 0.4) is 0 Å². The second-order valence-corrected chi connectivity index (χ2v) is 6.59. The molecule has 0 saturated carbocycles. The molecule has 0 fully saturated rings. The third-order valence-corrected chi connectivity index (χ3v) is 4.49. The molecule has 6 nitrogen and oxygen atoms in total. The van der Waals surface area contributed by atoms with E-state index >= 15 is 0 Å². The van der Waals surface area contributed by atoms with Gasteiger partial charge < -0.3 is 0 Å². The lowest BCUT2D eigenvalue weighted by Crippen LogP contribution is -2.23. The highest BCUT2D eigenvalue weighted by molar-refractivity contribution is 8.13. The largest absolute Gasteiger partial charge is 0.272 e. The average Bonchev–Trinajstić information content (AvgIpc) is 2.65. The highest BCUT2D eigenvalue weighted by atomic mass is 32.2. The molecule has 0 radical (unpaired) electrons. The summed E-state index contributed by atoms with van der Waals surface area (Å²) in [5.41, 5.74) is 2.69. The number of hydrogen-bond donors (Lipinski definition) is 1. The van der Waals surface area contributed by atoms with Crippen molar-refractivity contribution in [1.82, 2.24) is 15.1 Å². The lowest BCUT2D eigenvalue weighted by atomic mass is 10.1. The summed E-state index contributed by atoms with van der Waals surface area (Å²) in [5.74, 6) is 0. The Kier molecular flexibility index (Phi) is 7.90. The number of amidine groups is 1. The van der Waals surface area contributed by atoms with Crippen molar-refractivity contribution in [2.45, 2.75) is 32.7 Å². The highest BCUT2D eigenvalue weighted by Crippen LogP contribution is 2.18. The number of rotatable bonds is 7. The van der Waals surface area contributed by atoms with Gasteiger partial charge >= 0.3 is 0 Å². The Morgan fingerprint density at radius 3 is 2.77 bits per heavy atom. The van der Waals surface area contributed by atoms with Crippen molar-refractivity contribution in [2.75, 3.05) is 12.8 Å². The molecule has 0 unspecified atom stereocenters. The third-order valence-electron chi connectivity index (χ3n) is 3.88. The molecule has 0 atom stereocenters. The smallest absolute Gasteiger partial charge is 0.267 e. The minimum absolute atomic E-state index is 0.0666. The van der Waals surface area contributed by atoms with E-state index in [2.05, 4.69) is 15.4 Å². The Morgan fingerprint density at radius 1 is 1.31 bits per heavy atom. The van der Waals surface area contributed by atoms with E-state index in [0.717, 1.165) is 36.1 Å². The van der Waals surface area contributed by atoms with Crippen LogP contribution in [0, 0.1) is 18.4 Å². The van der Waals surface area contributed by atoms with Crippen LogP contribution in [0.4, 0.5) is 0 Å². The van der Waals surface area contributed by atoms with Crippen LogP contribution < -0.4 is 10.9 Å². The number of nitriles is 1. The highest BCUT2D eigenvalue weighted by Gasteiger charge is 2.07. The number of nitrogens with one attached hydrogen (secondary N) is 1. The summed E-state index contributed by atoms with van der Waals surface area (Å²) in [6.45, 7) is 3.17. The number of aromatic nitrogens is 2. The summed E-state index contributed by atoms with van der Waals surface area (Å²) in [5, 5.41) is 16.3. The van der Waals surface area contributed by atoms with E-state index in [-0.39, 0.29) is 5.56 Å². The third kappa shape index (κ3) is 5.74. The molecule has 0 aliphatic rings. The van der Waals surface area contributed by atoms with E-state index in [1.54, 1.807) is 10.7 Å². The van der Waals surface area contributed by atoms with Crippen LogP contribution in [-0.4, -0.2) is 27.7 Å². The Labute approximate surface area is 158 Å². The molecule has 26 heavy (non-hydrogen) atoms. The zero-order valence-electron chi connectivity index (χ0n) is 15.1. The number of aliphatic imine (C=N–C) groups is 1. The fourth-order valence-corrected chi connectivity index (χ4v) is 2.92. The molecule has 1 aromatic heterocycles. The minimum Gasteiger partial charge on any atom is -0.272 e. The van der Waals surface area contributed by atoms with E-state index < -0.39 is 0 Å². The van der Waals surface area contributed by atoms with Crippen molar-refractivity contribution in [3.63, 3.8) is 0 Å². The zero-order chi connectivity index (χ0) is 18.8. The van der Waals surface area contributed by atoms with Crippen LogP contribution in [0.25, 0.3) is 11.3 Å². The molecule has 0 amide bonds. The maximum absolute atomic E-state index is 12.2. The van der Waals surface area contributed by atoms with Crippen molar-refractivity contribution in [3.05, 3.63) is 52.3 Å². The summed E-state index contributed by atoms with van der Waals surface area (Å²) in [7, 11) is 0. The van der Waals surface area contributed by atoms with Crippen LogP contribution in [0.2, 0.25) is 0 Å². The number of unbranched alkanes of at least 4 members (excludes halogenated alkanes) is 2. The molecule has 1 N–H and O–H groups in total. The first-order chi connectivity index (χ1) is 12.7. The standard InChI is InChI=1S/C19H23N5OS/c1-15-13-17(25)24(23-18(15)16-9-5-3-6-10-16)12-8-4-7-11-21-19(26-2)22-14-20/h3,5-6,9-10,13H,4,7-8,11-12H2,1-2H3,(H,21,22). The SMILES string of the molecule is CSC(=NCCCCCn1nc(-c2ccccc2)c(C)cc1=O)NC#N. The molecular weight excluding hydrogens is 346 g/mol. The lowest BCUT2D eigenvalue weighted by Gasteiger charge is -2.10. The molecule has 0 aliphatic heterocycles. The van der Waals surface area contributed by atoms with Gasteiger partial charge in [0.25, 0.3) is 5.56 Å². The topological polar surface area (TPSA) is 83.1 Å².